The van der Waals surface area contributed by atoms with E-state index in [1.165, 1.54) is 6.92 Å². The Morgan fingerprint density at radius 2 is 1.47 bits per heavy atom. The van der Waals surface area contributed by atoms with Gasteiger partial charge in [0.05, 0.1) is 4.90 Å². The zero-order valence-corrected chi connectivity index (χ0v) is 18.0. The van der Waals surface area contributed by atoms with Crippen LogP contribution < -0.4 is 10.0 Å². The number of sulfonamides is 1. The molecule has 8 heteroatoms. The third-order valence-corrected chi connectivity index (χ3v) is 6.76. The van der Waals surface area contributed by atoms with Crippen molar-refractivity contribution >= 4 is 27.5 Å². The molecule has 0 atom stereocenters. The van der Waals surface area contributed by atoms with Gasteiger partial charge in [-0.15, -0.1) is 0 Å². The monoisotopic (exact) mass is 429 g/mol. The minimum atomic E-state index is -3.59. The minimum Gasteiger partial charge on any atom is -0.343 e. The fourth-order valence-electron chi connectivity index (χ4n) is 3.54. The predicted octanol–water partition coefficient (Wildman–Crippen LogP) is 2.85. The quantitative estimate of drug-likeness (QED) is 0.738. The number of hydrogen-bond donors (Lipinski definition) is 2. The highest BCUT2D eigenvalue weighted by Gasteiger charge is 2.23. The summed E-state index contributed by atoms with van der Waals surface area (Å²) in [6, 6.07) is 14.1. The summed E-state index contributed by atoms with van der Waals surface area (Å²) in [5, 5.41) is 2.72. The number of rotatable bonds is 6. The van der Waals surface area contributed by atoms with Crippen molar-refractivity contribution in [3.05, 3.63) is 48.5 Å². The highest BCUT2D eigenvalue weighted by Crippen LogP contribution is 2.23. The standard InChI is InChI=1S/C22H27N3O4S/c1-16(26)24-21-7-3-19(4-8-21)20-5-9-22(10-6-20)30(28,29)23-15-18-11-13-25(14-12-18)17(2)27/h3-10,18,23H,11-15H2,1-2H3,(H,24,26). The Morgan fingerprint density at radius 3 is 1.97 bits per heavy atom. The topological polar surface area (TPSA) is 95.6 Å². The van der Waals surface area contributed by atoms with Crippen molar-refractivity contribution in [3.8, 4) is 11.1 Å². The van der Waals surface area contributed by atoms with E-state index >= 15 is 0 Å². The average Bonchev–Trinajstić information content (AvgIpc) is 2.73. The molecule has 30 heavy (non-hydrogen) atoms. The molecule has 0 spiro atoms. The van der Waals surface area contributed by atoms with E-state index in [-0.39, 0.29) is 22.6 Å². The lowest BCUT2D eigenvalue weighted by Gasteiger charge is -2.31. The maximum Gasteiger partial charge on any atom is 0.240 e. The Hall–Kier alpha value is -2.71. The molecule has 0 radical (unpaired) electrons. The molecule has 1 fully saturated rings. The number of nitrogens with one attached hydrogen (secondary N) is 2. The summed E-state index contributed by atoms with van der Waals surface area (Å²) in [5.74, 6) is 0.171. The van der Waals surface area contributed by atoms with Crippen molar-refractivity contribution in [2.75, 3.05) is 25.0 Å². The van der Waals surface area contributed by atoms with Crippen LogP contribution in [-0.2, 0) is 19.6 Å². The largest absolute Gasteiger partial charge is 0.343 e. The van der Waals surface area contributed by atoms with Gasteiger partial charge in [0.1, 0.15) is 0 Å². The molecule has 2 amide bonds. The van der Waals surface area contributed by atoms with Gasteiger partial charge in [0, 0.05) is 39.2 Å². The Bertz CT molecular complexity index is 994. The van der Waals surface area contributed by atoms with Gasteiger partial charge in [-0.2, -0.15) is 0 Å². The van der Waals surface area contributed by atoms with Gasteiger partial charge in [-0.3, -0.25) is 9.59 Å². The van der Waals surface area contributed by atoms with Crippen LogP contribution in [-0.4, -0.2) is 44.8 Å². The van der Waals surface area contributed by atoms with Crippen LogP contribution >= 0.6 is 0 Å². The first-order chi connectivity index (χ1) is 14.2. The second-order valence-electron chi connectivity index (χ2n) is 7.58. The van der Waals surface area contributed by atoms with Crippen molar-refractivity contribution in [3.63, 3.8) is 0 Å². The van der Waals surface area contributed by atoms with Crippen LogP contribution in [0.5, 0.6) is 0 Å². The molecule has 2 aromatic carbocycles. The van der Waals surface area contributed by atoms with E-state index < -0.39 is 10.0 Å². The Labute approximate surface area is 177 Å². The van der Waals surface area contributed by atoms with E-state index in [0.717, 1.165) is 24.0 Å². The van der Waals surface area contributed by atoms with Crippen LogP contribution in [0.1, 0.15) is 26.7 Å². The van der Waals surface area contributed by atoms with Gasteiger partial charge in [-0.1, -0.05) is 24.3 Å². The maximum atomic E-state index is 12.6. The molecule has 2 N–H and O–H groups in total. The van der Waals surface area contributed by atoms with Gasteiger partial charge in [-0.05, 0) is 54.2 Å². The number of amides is 2. The normalized spacial score (nSPS) is 15.1. The van der Waals surface area contributed by atoms with Crippen molar-refractivity contribution in [1.29, 1.82) is 0 Å². The van der Waals surface area contributed by atoms with Gasteiger partial charge < -0.3 is 10.2 Å². The number of carbonyl (C=O) groups is 2. The lowest BCUT2D eigenvalue weighted by molar-refractivity contribution is -0.130. The molecule has 0 aliphatic carbocycles. The summed E-state index contributed by atoms with van der Waals surface area (Å²) in [7, 11) is -3.59. The van der Waals surface area contributed by atoms with Crippen molar-refractivity contribution < 1.29 is 18.0 Å². The molecule has 3 rings (SSSR count). The first-order valence-electron chi connectivity index (χ1n) is 9.98. The third-order valence-electron chi connectivity index (χ3n) is 5.33. The SMILES string of the molecule is CC(=O)Nc1ccc(-c2ccc(S(=O)(=O)NCC3CCN(C(C)=O)CC3)cc2)cc1. The first kappa shape index (κ1) is 22.0. The number of likely N-dealkylation sites (tertiary alicyclic amines) is 1. The molecule has 1 aliphatic heterocycles. The number of anilines is 1. The molecule has 1 heterocycles. The Morgan fingerprint density at radius 1 is 0.933 bits per heavy atom. The van der Waals surface area contributed by atoms with Crippen LogP contribution in [0.4, 0.5) is 5.69 Å². The maximum absolute atomic E-state index is 12.6. The van der Waals surface area contributed by atoms with E-state index in [2.05, 4.69) is 10.0 Å². The molecular weight excluding hydrogens is 402 g/mol. The summed E-state index contributed by atoms with van der Waals surface area (Å²) in [5.41, 5.74) is 2.53. The van der Waals surface area contributed by atoms with Gasteiger partial charge in [0.15, 0.2) is 0 Å². The van der Waals surface area contributed by atoms with Crippen molar-refractivity contribution in [2.45, 2.75) is 31.6 Å². The summed E-state index contributed by atoms with van der Waals surface area (Å²) in [6.45, 7) is 4.75. The zero-order chi connectivity index (χ0) is 21.7. The molecule has 1 aliphatic rings. The second kappa shape index (κ2) is 9.40. The summed E-state index contributed by atoms with van der Waals surface area (Å²) in [6.07, 6.45) is 1.60. The number of hydrogen-bond acceptors (Lipinski definition) is 4. The van der Waals surface area contributed by atoms with E-state index in [4.69, 9.17) is 0 Å². The fraction of sp³-hybridized carbons (Fsp3) is 0.364. The van der Waals surface area contributed by atoms with Crippen LogP contribution in [0.15, 0.2) is 53.4 Å². The van der Waals surface area contributed by atoms with Gasteiger partial charge in [0.25, 0.3) is 0 Å². The highest BCUT2D eigenvalue weighted by atomic mass is 32.2. The van der Waals surface area contributed by atoms with Crippen LogP contribution in [0.2, 0.25) is 0 Å². The van der Waals surface area contributed by atoms with Crippen LogP contribution in [0.3, 0.4) is 0 Å². The molecule has 0 aromatic heterocycles. The molecule has 0 saturated carbocycles. The fourth-order valence-corrected chi connectivity index (χ4v) is 4.65. The van der Waals surface area contributed by atoms with Gasteiger partial charge >= 0.3 is 0 Å². The van der Waals surface area contributed by atoms with E-state index in [9.17, 15) is 18.0 Å². The average molecular weight is 430 g/mol. The molecule has 2 aromatic rings. The smallest absolute Gasteiger partial charge is 0.240 e. The zero-order valence-electron chi connectivity index (χ0n) is 17.2. The lowest BCUT2D eigenvalue weighted by Crippen LogP contribution is -2.40. The van der Waals surface area contributed by atoms with Crippen molar-refractivity contribution in [2.24, 2.45) is 5.92 Å². The number of benzene rings is 2. The first-order valence-corrected chi connectivity index (χ1v) is 11.5. The van der Waals surface area contributed by atoms with Gasteiger partial charge in [0.2, 0.25) is 21.8 Å². The number of nitrogens with zero attached hydrogens (tertiary/aromatic N) is 1. The number of carbonyl (C=O) groups excluding carboxylic acids is 2. The van der Waals surface area contributed by atoms with Crippen LogP contribution in [0, 0.1) is 5.92 Å². The molecule has 0 bridgehead atoms. The molecule has 1 saturated heterocycles. The van der Waals surface area contributed by atoms with Crippen molar-refractivity contribution in [1.82, 2.24) is 9.62 Å². The van der Waals surface area contributed by atoms with E-state index in [0.29, 0.717) is 25.3 Å². The van der Waals surface area contributed by atoms with E-state index in [1.807, 2.05) is 12.1 Å². The second-order valence-corrected chi connectivity index (χ2v) is 9.35. The Balaban J connectivity index is 1.59. The van der Waals surface area contributed by atoms with Gasteiger partial charge in [-0.25, -0.2) is 13.1 Å². The summed E-state index contributed by atoms with van der Waals surface area (Å²) >= 11 is 0. The summed E-state index contributed by atoms with van der Waals surface area (Å²) in [4.78, 5) is 24.5. The Kier molecular flexibility index (Phi) is 6.89. The number of piperidine rings is 1. The molecule has 0 unspecified atom stereocenters. The lowest BCUT2D eigenvalue weighted by atomic mass is 9.97. The predicted molar refractivity (Wildman–Crippen MR) is 116 cm³/mol. The highest BCUT2D eigenvalue weighted by molar-refractivity contribution is 7.89. The minimum absolute atomic E-state index is 0.0684. The molecular formula is C22H27N3O4S. The molecule has 160 valence electrons. The third kappa shape index (κ3) is 5.67. The van der Waals surface area contributed by atoms with E-state index in [1.54, 1.807) is 48.2 Å². The van der Waals surface area contributed by atoms with Crippen LogP contribution in [0.25, 0.3) is 11.1 Å². The summed E-state index contributed by atoms with van der Waals surface area (Å²) < 4.78 is 28.0. The molecule has 7 nitrogen and oxygen atoms in total.